The average Bonchev–Trinajstić information content (AvgIpc) is 3.18. The van der Waals surface area contributed by atoms with E-state index < -0.39 is 10.0 Å². The van der Waals surface area contributed by atoms with E-state index in [1.165, 1.54) is 12.8 Å². The van der Waals surface area contributed by atoms with Gasteiger partial charge in [-0.1, -0.05) is 25.0 Å². The number of nitrogens with one attached hydrogen (secondary N) is 2. The first-order valence-corrected chi connectivity index (χ1v) is 9.32. The molecule has 0 saturated heterocycles. The molecule has 4 nitrogen and oxygen atoms in total. The van der Waals surface area contributed by atoms with Gasteiger partial charge >= 0.3 is 0 Å². The van der Waals surface area contributed by atoms with Gasteiger partial charge in [0.05, 0.1) is 4.90 Å². The molecule has 0 radical (unpaired) electrons. The Balaban J connectivity index is 1.66. The highest BCUT2D eigenvalue weighted by Crippen LogP contribution is 2.30. The summed E-state index contributed by atoms with van der Waals surface area (Å²) in [6.45, 7) is 2.82. The fourth-order valence-corrected chi connectivity index (χ4v) is 4.44. The fourth-order valence-electron chi connectivity index (χ4n) is 2.98. The molecule has 0 aliphatic heterocycles. The summed E-state index contributed by atoms with van der Waals surface area (Å²) < 4.78 is 27.8. The van der Waals surface area contributed by atoms with Crippen LogP contribution in [0.4, 0.5) is 0 Å². The molecule has 116 valence electrons. The van der Waals surface area contributed by atoms with Crippen LogP contribution in [0.15, 0.2) is 29.2 Å². The molecule has 0 spiro atoms. The molecule has 5 heteroatoms. The van der Waals surface area contributed by atoms with E-state index >= 15 is 0 Å². The van der Waals surface area contributed by atoms with Crippen LogP contribution in [0.25, 0.3) is 0 Å². The Morgan fingerprint density at radius 1 is 1.14 bits per heavy atom. The van der Waals surface area contributed by atoms with Gasteiger partial charge in [0, 0.05) is 18.1 Å². The van der Waals surface area contributed by atoms with Crippen molar-refractivity contribution in [3.05, 3.63) is 29.8 Å². The zero-order valence-corrected chi connectivity index (χ0v) is 13.4. The molecular formula is C16H24N2O2S. The van der Waals surface area contributed by atoms with Gasteiger partial charge in [-0.05, 0) is 50.3 Å². The van der Waals surface area contributed by atoms with Crippen molar-refractivity contribution in [3.63, 3.8) is 0 Å². The van der Waals surface area contributed by atoms with Gasteiger partial charge in [0.25, 0.3) is 0 Å². The number of rotatable bonds is 6. The van der Waals surface area contributed by atoms with Gasteiger partial charge in [-0.25, -0.2) is 13.1 Å². The first-order chi connectivity index (χ1) is 9.97. The predicted molar refractivity (Wildman–Crippen MR) is 83.5 cm³/mol. The average molecular weight is 308 g/mol. The SMILES string of the molecule is CC1(NS(=O)(=O)c2ccc(CNC3CC3)cc2)CCCC1. The number of hydrogen-bond acceptors (Lipinski definition) is 3. The van der Waals surface area contributed by atoms with Crippen molar-refractivity contribution in [2.45, 2.75) is 68.5 Å². The largest absolute Gasteiger partial charge is 0.310 e. The highest BCUT2D eigenvalue weighted by Gasteiger charge is 2.33. The molecule has 21 heavy (non-hydrogen) atoms. The third kappa shape index (κ3) is 3.84. The van der Waals surface area contributed by atoms with Crippen LogP contribution in [-0.4, -0.2) is 20.0 Å². The van der Waals surface area contributed by atoms with Crippen LogP contribution in [0.3, 0.4) is 0 Å². The first-order valence-electron chi connectivity index (χ1n) is 7.83. The van der Waals surface area contributed by atoms with Gasteiger partial charge in [-0.2, -0.15) is 0 Å². The zero-order chi connectivity index (χ0) is 14.9. The van der Waals surface area contributed by atoms with Crippen LogP contribution in [0, 0.1) is 0 Å². The van der Waals surface area contributed by atoms with Crippen molar-refractivity contribution in [3.8, 4) is 0 Å². The smallest absolute Gasteiger partial charge is 0.241 e. The molecule has 0 bridgehead atoms. The highest BCUT2D eigenvalue weighted by atomic mass is 32.2. The molecule has 0 aromatic heterocycles. The maximum atomic E-state index is 12.5. The molecular weight excluding hydrogens is 284 g/mol. The van der Waals surface area contributed by atoms with Crippen molar-refractivity contribution in [1.82, 2.24) is 10.0 Å². The molecule has 0 atom stereocenters. The first kappa shape index (κ1) is 15.0. The van der Waals surface area contributed by atoms with Crippen molar-refractivity contribution in [1.29, 1.82) is 0 Å². The van der Waals surface area contributed by atoms with Crippen LogP contribution in [-0.2, 0) is 16.6 Å². The fraction of sp³-hybridized carbons (Fsp3) is 0.625. The lowest BCUT2D eigenvalue weighted by molar-refractivity contribution is 0.427. The van der Waals surface area contributed by atoms with E-state index in [0.717, 1.165) is 37.8 Å². The minimum Gasteiger partial charge on any atom is -0.310 e. The Bertz CT molecular complexity index is 585. The molecule has 2 saturated carbocycles. The highest BCUT2D eigenvalue weighted by molar-refractivity contribution is 7.89. The minimum atomic E-state index is -3.41. The minimum absolute atomic E-state index is 0.273. The van der Waals surface area contributed by atoms with Gasteiger partial charge < -0.3 is 5.32 Å². The van der Waals surface area contributed by atoms with Crippen LogP contribution < -0.4 is 10.0 Å². The summed E-state index contributed by atoms with van der Waals surface area (Å²) in [5.41, 5.74) is 0.860. The predicted octanol–water partition coefficient (Wildman–Crippen LogP) is 2.55. The summed E-state index contributed by atoms with van der Waals surface area (Å²) in [4.78, 5) is 0.366. The molecule has 1 aromatic rings. The maximum Gasteiger partial charge on any atom is 0.241 e. The normalized spacial score (nSPS) is 21.6. The summed E-state index contributed by atoms with van der Waals surface area (Å²) in [6, 6.07) is 7.90. The van der Waals surface area contributed by atoms with Gasteiger partial charge in [0.1, 0.15) is 0 Å². The van der Waals surface area contributed by atoms with Gasteiger partial charge in [-0.15, -0.1) is 0 Å². The second-order valence-electron chi connectivity index (χ2n) is 6.67. The third-order valence-electron chi connectivity index (χ3n) is 4.49. The lowest BCUT2D eigenvalue weighted by Gasteiger charge is -2.24. The van der Waals surface area contributed by atoms with Crippen molar-refractivity contribution in [2.75, 3.05) is 0 Å². The second kappa shape index (κ2) is 5.71. The summed E-state index contributed by atoms with van der Waals surface area (Å²) in [5, 5.41) is 3.43. The molecule has 0 unspecified atom stereocenters. The van der Waals surface area contributed by atoms with E-state index in [4.69, 9.17) is 0 Å². The Kier molecular flexibility index (Phi) is 4.08. The van der Waals surface area contributed by atoms with E-state index in [2.05, 4.69) is 10.0 Å². The number of benzene rings is 1. The van der Waals surface area contributed by atoms with E-state index in [9.17, 15) is 8.42 Å². The van der Waals surface area contributed by atoms with Crippen molar-refractivity contribution >= 4 is 10.0 Å². The molecule has 2 N–H and O–H groups in total. The molecule has 2 aliphatic rings. The monoisotopic (exact) mass is 308 g/mol. The number of hydrogen-bond donors (Lipinski definition) is 2. The van der Waals surface area contributed by atoms with E-state index in [1.807, 2.05) is 19.1 Å². The van der Waals surface area contributed by atoms with Crippen LogP contribution in [0.5, 0.6) is 0 Å². The van der Waals surface area contributed by atoms with Crippen molar-refractivity contribution in [2.24, 2.45) is 0 Å². The molecule has 3 rings (SSSR count). The lowest BCUT2D eigenvalue weighted by atomic mass is 10.0. The van der Waals surface area contributed by atoms with Crippen LogP contribution in [0.1, 0.15) is 51.0 Å². The second-order valence-corrected chi connectivity index (χ2v) is 8.35. The van der Waals surface area contributed by atoms with Gasteiger partial charge in [0.2, 0.25) is 10.0 Å². The quantitative estimate of drug-likeness (QED) is 0.849. The van der Waals surface area contributed by atoms with Gasteiger partial charge in [0.15, 0.2) is 0 Å². The maximum absolute atomic E-state index is 12.5. The molecule has 0 amide bonds. The Hall–Kier alpha value is -0.910. The Labute approximate surface area is 127 Å². The Morgan fingerprint density at radius 2 is 1.76 bits per heavy atom. The Morgan fingerprint density at radius 3 is 2.33 bits per heavy atom. The lowest BCUT2D eigenvalue weighted by Crippen LogP contribution is -2.43. The topological polar surface area (TPSA) is 58.2 Å². The van der Waals surface area contributed by atoms with E-state index in [1.54, 1.807) is 12.1 Å². The summed E-state index contributed by atoms with van der Waals surface area (Å²) in [5.74, 6) is 0. The van der Waals surface area contributed by atoms with E-state index in [0.29, 0.717) is 10.9 Å². The van der Waals surface area contributed by atoms with Crippen molar-refractivity contribution < 1.29 is 8.42 Å². The van der Waals surface area contributed by atoms with Crippen LogP contribution in [0.2, 0.25) is 0 Å². The van der Waals surface area contributed by atoms with E-state index in [-0.39, 0.29) is 5.54 Å². The molecule has 2 aliphatic carbocycles. The summed E-state index contributed by atoms with van der Waals surface area (Å²) in [6.07, 6.45) is 6.57. The molecule has 0 heterocycles. The molecule has 2 fully saturated rings. The third-order valence-corrected chi connectivity index (χ3v) is 6.15. The molecule has 1 aromatic carbocycles. The standard InChI is InChI=1S/C16H24N2O2S/c1-16(10-2-3-11-16)18-21(19,20)15-8-4-13(5-9-15)12-17-14-6-7-14/h4-5,8-9,14,17-18H,2-3,6-7,10-12H2,1H3. The summed E-state index contributed by atoms with van der Waals surface area (Å²) in [7, 11) is -3.41. The van der Waals surface area contributed by atoms with Gasteiger partial charge in [-0.3, -0.25) is 0 Å². The van der Waals surface area contributed by atoms with Crippen LogP contribution >= 0.6 is 0 Å². The zero-order valence-electron chi connectivity index (χ0n) is 12.6. The summed E-state index contributed by atoms with van der Waals surface area (Å²) >= 11 is 0. The number of sulfonamides is 1.